The van der Waals surface area contributed by atoms with Crippen LogP contribution >= 0.6 is 11.6 Å². The zero-order chi connectivity index (χ0) is 13.8. The molecule has 2 rings (SSSR count). The molecule has 0 amide bonds. The molecule has 0 bridgehead atoms. The standard InChI is InChI=1S/C14H13ClFNO2/c15-13-6-11(16)2-1-9(13)8-19-14-4-3-12(17)5-10(14)7-18/h1-6,18H,7-8,17H2. The van der Waals surface area contributed by atoms with E-state index in [9.17, 15) is 9.50 Å². The maximum atomic E-state index is 12.9. The van der Waals surface area contributed by atoms with Gasteiger partial charge in [-0.25, -0.2) is 4.39 Å². The Morgan fingerprint density at radius 1 is 1.16 bits per heavy atom. The van der Waals surface area contributed by atoms with Crippen LogP contribution in [0.3, 0.4) is 0 Å². The van der Waals surface area contributed by atoms with Gasteiger partial charge >= 0.3 is 0 Å². The SMILES string of the molecule is Nc1ccc(OCc2ccc(F)cc2Cl)c(CO)c1. The molecule has 3 N–H and O–H groups in total. The number of hydrogen-bond acceptors (Lipinski definition) is 3. The lowest BCUT2D eigenvalue weighted by molar-refractivity contribution is 0.259. The summed E-state index contributed by atoms with van der Waals surface area (Å²) in [7, 11) is 0. The van der Waals surface area contributed by atoms with Crippen LogP contribution in [-0.2, 0) is 13.2 Å². The van der Waals surface area contributed by atoms with Gasteiger partial charge in [-0.3, -0.25) is 0 Å². The zero-order valence-corrected chi connectivity index (χ0v) is 10.8. The summed E-state index contributed by atoms with van der Waals surface area (Å²) < 4.78 is 18.5. The van der Waals surface area contributed by atoms with Gasteiger partial charge < -0.3 is 15.6 Å². The fraction of sp³-hybridized carbons (Fsp3) is 0.143. The Hall–Kier alpha value is -1.78. The summed E-state index contributed by atoms with van der Waals surface area (Å²) in [5, 5.41) is 9.53. The molecule has 0 saturated heterocycles. The third-order valence-electron chi connectivity index (χ3n) is 2.65. The van der Waals surface area contributed by atoms with Gasteiger partial charge in [0.25, 0.3) is 0 Å². The Labute approximate surface area is 115 Å². The molecule has 0 fully saturated rings. The monoisotopic (exact) mass is 281 g/mol. The lowest BCUT2D eigenvalue weighted by Gasteiger charge is -2.11. The van der Waals surface area contributed by atoms with Gasteiger partial charge in [0.15, 0.2) is 0 Å². The van der Waals surface area contributed by atoms with E-state index in [1.807, 2.05) is 0 Å². The molecule has 3 nitrogen and oxygen atoms in total. The summed E-state index contributed by atoms with van der Waals surface area (Å²) in [5.74, 6) is 0.134. The molecule has 0 aliphatic heterocycles. The molecule has 0 atom stereocenters. The highest BCUT2D eigenvalue weighted by Crippen LogP contribution is 2.24. The molecule has 0 unspecified atom stereocenters. The number of anilines is 1. The normalized spacial score (nSPS) is 10.5. The van der Waals surface area contributed by atoms with Crippen LogP contribution < -0.4 is 10.5 Å². The van der Waals surface area contributed by atoms with Gasteiger partial charge in [-0.1, -0.05) is 17.7 Å². The van der Waals surface area contributed by atoms with E-state index in [0.717, 1.165) is 0 Å². The number of ether oxygens (including phenoxy) is 1. The van der Waals surface area contributed by atoms with Crippen LogP contribution in [0.1, 0.15) is 11.1 Å². The number of nitrogen functional groups attached to an aromatic ring is 1. The van der Waals surface area contributed by atoms with E-state index in [1.54, 1.807) is 24.3 Å². The van der Waals surface area contributed by atoms with Crippen molar-refractivity contribution in [1.82, 2.24) is 0 Å². The van der Waals surface area contributed by atoms with E-state index >= 15 is 0 Å². The maximum absolute atomic E-state index is 12.9. The molecule has 100 valence electrons. The van der Waals surface area contributed by atoms with E-state index in [0.29, 0.717) is 27.6 Å². The van der Waals surface area contributed by atoms with Crippen molar-refractivity contribution in [2.24, 2.45) is 0 Å². The molecule has 2 aromatic carbocycles. The minimum absolute atomic E-state index is 0.169. The molecule has 0 aliphatic carbocycles. The van der Waals surface area contributed by atoms with Crippen molar-refractivity contribution in [2.75, 3.05) is 5.73 Å². The van der Waals surface area contributed by atoms with Crippen LogP contribution in [0.2, 0.25) is 5.02 Å². The lowest BCUT2D eigenvalue weighted by Crippen LogP contribution is -2.00. The fourth-order valence-electron chi connectivity index (χ4n) is 1.66. The van der Waals surface area contributed by atoms with Gasteiger partial charge in [0, 0.05) is 16.8 Å². The zero-order valence-electron chi connectivity index (χ0n) is 10.1. The van der Waals surface area contributed by atoms with Crippen molar-refractivity contribution in [1.29, 1.82) is 0 Å². The average Bonchev–Trinajstić information content (AvgIpc) is 2.39. The largest absolute Gasteiger partial charge is 0.488 e. The summed E-state index contributed by atoms with van der Waals surface area (Å²) in [6.45, 7) is 0.0214. The first-order valence-electron chi connectivity index (χ1n) is 5.66. The van der Waals surface area contributed by atoms with Gasteiger partial charge in [0.2, 0.25) is 0 Å². The second-order valence-corrected chi connectivity index (χ2v) is 4.46. The molecule has 0 saturated carbocycles. The predicted molar refractivity (Wildman–Crippen MR) is 72.5 cm³/mol. The van der Waals surface area contributed by atoms with Crippen LogP contribution in [0, 0.1) is 5.82 Å². The molecule has 5 heteroatoms. The Bertz CT molecular complexity index is 590. The molecule has 19 heavy (non-hydrogen) atoms. The molecule has 0 aliphatic rings. The summed E-state index contributed by atoms with van der Waals surface area (Å²) in [6.07, 6.45) is 0. The number of rotatable bonds is 4. The third kappa shape index (κ3) is 3.36. The van der Waals surface area contributed by atoms with Crippen LogP contribution in [-0.4, -0.2) is 5.11 Å². The van der Waals surface area contributed by atoms with Gasteiger partial charge in [-0.05, 0) is 30.3 Å². The van der Waals surface area contributed by atoms with E-state index in [2.05, 4.69) is 0 Å². The van der Waals surface area contributed by atoms with Crippen LogP contribution in [0.5, 0.6) is 5.75 Å². The highest BCUT2D eigenvalue weighted by atomic mass is 35.5. The van der Waals surface area contributed by atoms with E-state index < -0.39 is 5.82 Å². The van der Waals surface area contributed by atoms with Crippen molar-refractivity contribution in [2.45, 2.75) is 13.2 Å². The molecular formula is C14H13ClFNO2. The predicted octanol–water partition coefficient (Wildman–Crippen LogP) is 3.13. The number of nitrogens with two attached hydrogens (primary N) is 1. The molecule has 2 aromatic rings. The number of aliphatic hydroxyl groups is 1. The lowest BCUT2D eigenvalue weighted by atomic mass is 10.2. The maximum Gasteiger partial charge on any atom is 0.125 e. The fourth-order valence-corrected chi connectivity index (χ4v) is 1.88. The quantitative estimate of drug-likeness (QED) is 0.847. The Kier molecular flexibility index (Phi) is 4.24. The first kappa shape index (κ1) is 13.6. The van der Waals surface area contributed by atoms with Crippen LogP contribution in [0.4, 0.5) is 10.1 Å². The summed E-state index contributed by atoms with van der Waals surface area (Å²) in [6, 6.07) is 9.12. The first-order valence-corrected chi connectivity index (χ1v) is 6.04. The van der Waals surface area contributed by atoms with Gasteiger partial charge in [-0.15, -0.1) is 0 Å². The summed E-state index contributed by atoms with van der Waals surface area (Å²) in [5.41, 5.74) is 7.44. The molecule has 0 radical (unpaired) electrons. The van der Waals surface area contributed by atoms with Crippen LogP contribution in [0.25, 0.3) is 0 Å². The number of benzene rings is 2. The average molecular weight is 282 g/mol. The first-order chi connectivity index (χ1) is 9.10. The van der Waals surface area contributed by atoms with E-state index in [-0.39, 0.29) is 13.2 Å². The molecule has 0 heterocycles. The minimum atomic E-state index is -0.391. The van der Waals surface area contributed by atoms with Crippen LogP contribution in [0.15, 0.2) is 36.4 Å². The highest BCUT2D eigenvalue weighted by molar-refractivity contribution is 6.31. The van der Waals surface area contributed by atoms with Gasteiger partial charge in [-0.2, -0.15) is 0 Å². The summed E-state index contributed by atoms with van der Waals surface area (Å²) >= 11 is 5.91. The second-order valence-electron chi connectivity index (χ2n) is 4.05. The third-order valence-corrected chi connectivity index (χ3v) is 3.01. The molecule has 0 aromatic heterocycles. The molecular weight excluding hydrogens is 269 g/mol. The minimum Gasteiger partial charge on any atom is -0.488 e. The second kappa shape index (κ2) is 5.91. The van der Waals surface area contributed by atoms with Gasteiger partial charge in [0.1, 0.15) is 18.2 Å². The topological polar surface area (TPSA) is 55.5 Å². The number of aliphatic hydroxyl groups excluding tert-OH is 1. The highest BCUT2D eigenvalue weighted by Gasteiger charge is 2.06. The summed E-state index contributed by atoms with van der Waals surface area (Å²) in [4.78, 5) is 0. The number of halogens is 2. The van der Waals surface area contributed by atoms with Crippen molar-refractivity contribution < 1.29 is 14.2 Å². The Balaban J connectivity index is 2.14. The van der Waals surface area contributed by atoms with Gasteiger partial charge in [0.05, 0.1) is 11.6 Å². The van der Waals surface area contributed by atoms with Crippen molar-refractivity contribution >= 4 is 17.3 Å². The Morgan fingerprint density at radius 3 is 2.63 bits per heavy atom. The van der Waals surface area contributed by atoms with Crippen molar-refractivity contribution in [3.8, 4) is 5.75 Å². The smallest absolute Gasteiger partial charge is 0.125 e. The Morgan fingerprint density at radius 2 is 1.95 bits per heavy atom. The van der Waals surface area contributed by atoms with E-state index in [1.165, 1.54) is 12.1 Å². The molecule has 0 spiro atoms. The number of hydrogen-bond donors (Lipinski definition) is 2. The van der Waals surface area contributed by atoms with Crippen molar-refractivity contribution in [3.63, 3.8) is 0 Å². The van der Waals surface area contributed by atoms with E-state index in [4.69, 9.17) is 22.1 Å². The van der Waals surface area contributed by atoms with Crippen molar-refractivity contribution in [3.05, 3.63) is 58.4 Å².